The van der Waals surface area contributed by atoms with Crippen LogP contribution in [0.5, 0.6) is 5.75 Å². The molecule has 0 bridgehead atoms. The number of hydrogen-bond acceptors (Lipinski definition) is 4. The lowest BCUT2D eigenvalue weighted by molar-refractivity contribution is -0.132. The molecule has 2 aromatic carbocycles. The Labute approximate surface area is 140 Å². The van der Waals surface area contributed by atoms with E-state index in [0.29, 0.717) is 17.1 Å². The second-order valence-corrected chi connectivity index (χ2v) is 5.53. The van der Waals surface area contributed by atoms with E-state index in [1.165, 1.54) is 6.92 Å². The van der Waals surface area contributed by atoms with Crippen molar-refractivity contribution in [3.05, 3.63) is 76.9 Å². The lowest BCUT2D eigenvalue weighted by Gasteiger charge is -2.02. The summed E-state index contributed by atoms with van der Waals surface area (Å²) in [5.41, 5.74) is 3.31. The molecule has 0 unspecified atom stereocenters. The monoisotopic (exact) mass is 320 g/mol. The average molecular weight is 320 g/mol. The standard InChI is InChI=1S/C20H16O4/c1-13-3-7-16(8-4-13)19-12-17(20(22)24-19)11-15-5-9-18(10-6-15)23-14(2)21/h3-12H,1-2H3/b17-11+. The fourth-order valence-corrected chi connectivity index (χ4v) is 2.33. The molecule has 4 nitrogen and oxygen atoms in total. The molecule has 0 saturated carbocycles. The van der Waals surface area contributed by atoms with E-state index in [-0.39, 0.29) is 11.9 Å². The van der Waals surface area contributed by atoms with Crippen LogP contribution in [-0.2, 0) is 14.3 Å². The zero-order valence-electron chi connectivity index (χ0n) is 13.4. The maximum absolute atomic E-state index is 12.0. The van der Waals surface area contributed by atoms with Crippen LogP contribution in [0.4, 0.5) is 0 Å². The number of carbonyl (C=O) groups excluding carboxylic acids is 2. The van der Waals surface area contributed by atoms with Gasteiger partial charge in [-0.3, -0.25) is 4.79 Å². The number of aryl methyl sites for hydroxylation is 1. The van der Waals surface area contributed by atoms with Crippen LogP contribution in [0.2, 0.25) is 0 Å². The molecule has 0 amide bonds. The van der Waals surface area contributed by atoms with Crippen LogP contribution < -0.4 is 4.74 Å². The average Bonchev–Trinajstić information content (AvgIpc) is 2.90. The Morgan fingerprint density at radius 2 is 1.71 bits per heavy atom. The van der Waals surface area contributed by atoms with E-state index in [4.69, 9.17) is 9.47 Å². The zero-order chi connectivity index (χ0) is 17.1. The van der Waals surface area contributed by atoms with Crippen molar-refractivity contribution in [2.45, 2.75) is 13.8 Å². The van der Waals surface area contributed by atoms with Gasteiger partial charge >= 0.3 is 11.9 Å². The molecule has 0 saturated heterocycles. The van der Waals surface area contributed by atoms with Gasteiger partial charge in [0.15, 0.2) is 0 Å². The maximum Gasteiger partial charge on any atom is 0.343 e. The van der Waals surface area contributed by atoms with E-state index in [0.717, 1.165) is 16.7 Å². The van der Waals surface area contributed by atoms with Gasteiger partial charge in [-0.1, -0.05) is 42.0 Å². The smallest absolute Gasteiger partial charge is 0.343 e. The van der Waals surface area contributed by atoms with Crippen molar-refractivity contribution in [3.63, 3.8) is 0 Å². The van der Waals surface area contributed by atoms with E-state index < -0.39 is 0 Å². The van der Waals surface area contributed by atoms with Crippen molar-refractivity contribution >= 4 is 23.8 Å². The molecule has 4 heteroatoms. The Morgan fingerprint density at radius 3 is 2.33 bits per heavy atom. The van der Waals surface area contributed by atoms with Crippen molar-refractivity contribution in [3.8, 4) is 5.75 Å². The highest BCUT2D eigenvalue weighted by molar-refractivity contribution is 6.05. The van der Waals surface area contributed by atoms with Crippen LogP contribution in [0, 0.1) is 6.92 Å². The third-order valence-corrected chi connectivity index (χ3v) is 3.52. The Kier molecular flexibility index (Phi) is 4.29. The van der Waals surface area contributed by atoms with Crippen LogP contribution >= 0.6 is 0 Å². The van der Waals surface area contributed by atoms with Crippen molar-refractivity contribution < 1.29 is 19.1 Å². The molecule has 3 rings (SSSR count). The first-order valence-corrected chi connectivity index (χ1v) is 7.52. The van der Waals surface area contributed by atoms with Gasteiger partial charge in [-0.2, -0.15) is 0 Å². The summed E-state index contributed by atoms with van der Waals surface area (Å²) >= 11 is 0. The summed E-state index contributed by atoms with van der Waals surface area (Å²) in [6.07, 6.45) is 3.47. The fraction of sp³-hybridized carbons (Fsp3) is 0.100. The van der Waals surface area contributed by atoms with E-state index in [9.17, 15) is 9.59 Å². The lowest BCUT2D eigenvalue weighted by atomic mass is 10.1. The minimum atomic E-state index is -0.380. The van der Waals surface area contributed by atoms with Crippen LogP contribution in [0.25, 0.3) is 11.8 Å². The number of hydrogen-bond donors (Lipinski definition) is 0. The van der Waals surface area contributed by atoms with Gasteiger partial charge in [-0.05, 0) is 36.8 Å². The molecule has 0 N–H and O–H groups in total. The highest BCUT2D eigenvalue weighted by Gasteiger charge is 2.21. The van der Waals surface area contributed by atoms with Crippen LogP contribution in [0.1, 0.15) is 23.6 Å². The summed E-state index contributed by atoms with van der Waals surface area (Å²) in [7, 11) is 0. The number of ether oxygens (including phenoxy) is 2. The van der Waals surface area contributed by atoms with Gasteiger partial charge in [0.05, 0.1) is 5.57 Å². The number of cyclic esters (lactones) is 1. The van der Waals surface area contributed by atoms with E-state index in [2.05, 4.69) is 0 Å². The molecule has 0 radical (unpaired) electrons. The largest absolute Gasteiger partial charge is 0.427 e. The summed E-state index contributed by atoms with van der Waals surface area (Å²) in [5.74, 6) is 0.262. The molecule has 1 aliphatic rings. The SMILES string of the molecule is CC(=O)Oc1ccc(/C=C2\C=C(c3ccc(C)cc3)OC2=O)cc1. The third-order valence-electron chi connectivity index (χ3n) is 3.52. The second-order valence-electron chi connectivity index (χ2n) is 5.53. The summed E-state index contributed by atoms with van der Waals surface area (Å²) < 4.78 is 10.3. The quantitative estimate of drug-likeness (QED) is 0.489. The Balaban J connectivity index is 1.83. The number of carbonyl (C=O) groups is 2. The minimum Gasteiger partial charge on any atom is -0.427 e. The Bertz CT molecular complexity index is 840. The number of rotatable bonds is 3. The zero-order valence-corrected chi connectivity index (χ0v) is 13.4. The molecule has 0 aliphatic carbocycles. The number of benzene rings is 2. The molecular weight excluding hydrogens is 304 g/mol. The van der Waals surface area contributed by atoms with Crippen molar-refractivity contribution in [2.75, 3.05) is 0 Å². The molecule has 1 heterocycles. The van der Waals surface area contributed by atoms with Gasteiger partial charge in [0.1, 0.15) is 11.5 Å². The highest BCUT2D eigenvalue weighted by Crippen LogP contribution is 2.27. The molecule has 0 aromatic heterocycles. The third kappa shape index (κ3) is 3.60. The van der Waals surface area contributed by atoms with Crippen LogP contribution in [0.15, 0.2) is 60.2 Å². The fourth-order valence-electron chi connectivity index (χ4n) is 2.33. The normalized spacial score (nSPS) is 15.2. The van der Waals surface area contributed by atoms with E-state index >= 15 is 0 Å². The molecule has 1 aliphatic heterocycles. The van der Waals surface area contributed by atoms with Crippen molar-refractivity contribution in [1.29, 1.82) is 0 Å². The predicted octanol–water partition coefficient (Wildman–Crippen LogP) is 3.90. The first kappa shape index (κ1) is 15.7. The molecule has 0 fully saturated rings. The highest BCUT2D eigenvalue weighted by atomic mass is 16.5. The van der Waals surface area contributed by atoms with Gasteiger partial charge in [0.25, 0.3) is 0 Å². The van der Waals surface area contributed by atoms with E-state index in [1.54, 1.807) is 36.4 Å². The minimum absolute atomic E-state index is 0.369. The first-order chi connectivity index (χ1) is 11.5. The molecule has 24 heavy (non-hydrogen) atoms. The molecular formula is C20H16O4. The Hall–Kier alpha value is -3.14. The molecule has 0 spiro atoms. The molecule has 120 valence electrons. The van der Waals surface area contributed by atoms with Gasteiger partial charge in [-0.25, -0.2) is 4.79 Å². The van der Waals surface area contributed by atoms with Crippen molar-refractivity contribution in [2.24, 2.45) is 0 Å². The second kappa shape index (κ2) is 6.54. The first-order valence-electron chi connectivity index (χ1n) is 7.52. The topological polar surface area (TPSA) is 52.6 Å². The predicted molar refractivity (Wildman–Crippen MR) is 91.0 cm³/mol. The van der Waals surface area contributed by atoms with Crippen LogP contribution in [0.3, 0.4) is 0 Å². The molecule has 2 aromatic rings. The van der Waals surface area contributed by atoms with Gasteiger partial charge in [0.2, 0.25) is 0 Å². The van der Waals surface area contributed by atoms with E-state index in [1.807, 2.05) is 31.2 Å². The lowest BCUT2D eigenvalue weighted by Crippen LogP contribution is -2.01. The van der Waals surface area contributed by atoms with Gasteiger partial charge in [-0.15, -0.1) is 0 Å². The Morgan fingerprint density at radius 1 is 1.04 bits per heavy atom. The van der Waals surface area contributed by atoms with Crippen molar-refractivity contribution in [1.82, 2.24) is 0 Å². The summed E-state index contributed by atoms with van der Waals surface area (Å²) in [6, 6.07) is 14.7. The summed E-state index contributed by atoms with van der Waals surface area (Å²) in [6.45, 7) is 3.35. The summed E-state index contributed by atoms with van der Waals surface area (Å²) in [5, 5.41) is 0. The maximum atomic E-state index is 12.0. The molecule has 0 atom stereocenters. The summed E-state index contributed by atoms with van der Waals surface area (Å²) in [4.78, 5) is 22.9. The van der Waals surface area contributed by atoms with Gasteiger partial charge < -0.3 is 9.47 Å². The van der Waals surface area contributed by atoms with Crippen LogP contribution in [-0.4, -0.2) is 11.9 Å². The number of esters is 2. The van der Waals surface area contributed by atoms with Gasteiger partial charge in [0, 0.05) is 12.5 Å².